The number of aliphatic hydroxyl groups excluding tert-OH is 1. The van der Waals surface area contributed by atoms with Crippen LogP contribution in [0.3, 0.4) is 0 Å². The molecule has 1 aromatic heterocycles. The van der Waals surface area contributed by atoms with Crippen molar-refractivity contribution in [3.63, 3.8) is 0 Å². The van der Waals surface area contributed by atoms with Crippen molar-refractivity contribution in [1.29, 1.82) is 0 Å². The molecule has 1 aliphatic carbocycles. The van der Waals surface area contributed by atoms with E-state index in [9.17, 15) is 4.79 Å². The Hall–Kier alpha value is -3.00. The van der Waals surface area contributed by atoms with Gasteiger partial charge in [0.25, 0.3) is 0 Å². The van der Waals surface area contributed by atoms with Crippen LogP contribution >= 0.6 is 0 Å². The second-order valence-corrected chi connectivity index (χ2v) is 9.90. The Kier molecular flexibility index (Phi) is 7.16. The minimum atomic E-state index is -0.629. The zero-order valence-electron chi connectivity index (χ0n) is 20.3. The van der Waals surface area contributed by atoms with Gasteiger partial charge in [0.15, 0.2) is 11.5 Å². The number of carbonyl (C=O) groups is 1. The quantitative estimate of drug-likeness (QED) is 0.642. The molecule has 0 unspecified atom stereocenters. The van der Waals surface area contributed by atoms with Gasteiger partial charge in [-0.2, -0.15) is 4.98 Å². The molecule has 1 aromatic carbocycles. The third kappa shape index (κ3) is 5.22. The number of fused-ring (bicyclic) bond motifs is 1. The lowest BCUT2D eigenvalue weighted by Gasteiger charge is -2.32. The number of anilines is 1. The number of nitrogens with zero attached hydrogens (tertiary/aromatic N) is 4. The Morgan fingerprint density at radius 1 is 1.18 bits per heavy atom. The summed E-state index contributed by atoms with van der Waals surface area (Å²) in [5.41, 5.74) is 9.02. The summed E-state index contributed by atoms with van der Waals surface area (Å²) in [7, 11) is 1.76. The van der Waals surface area contributed by atoms with E-state index in [1.54, 1.807) is 11.9 Å². The van der Waals surface area contributed by atoms with Crippen LogP contribution in [-0.4, -0.2) is 57.4 Å². The number of aliphatic imine (C=N–C) groups is 1. The zero-order valence-corrected chi connectivity index (χ0v) is 20.3. The number of nitrogens with two attached hydrogens (primary N) is 1. The van der Waals surface area contributed by atoms with Crippen molar-refractivity contribution < 1.29 is 14.6 Å². The first-order valence-electron chi connectivity index (χ1n) is 12.1. The molecule has 0 atom stereocenters. The van der Waals surface area contributed by atoms with Gasteiger partial charge in [-0.1, -0.05) is 24.3 Å². The average Bonchev–Trinajstić information content (AvgIpc) is 2.82. The number of hydrogen-bond donors (Lipinski definition) is 2. The van der Waals surface area contributed by atoms with Crippen molar-refractivity contribution in [2.45, 2.75) is 63.9 Å². The van der Waals surface area contributed by atoms with Gasteiger partial charge >= 0.3 is 0 Å². The number of likely N-dealkylation sites (N-methyl/N-ethyl adjacent to an activating group) is 1. The molecule has 0 radical (unpaired) electrons. The van der Waals surface area contributed by atoms with E-state index in [1.807, 2.05) is 13.8 Å². The Labute approximate surface area is 201 Å². The molecular formula is C26H35N5O3. The molecule has 1 aliphatic heterocycles. The summed E-state index contributed by atoms with van der Waals surface area (Å²) in [5.74, 6) is 1.99. The summed E-state index contributed by atoms with van der Waals surface area (Å²) in [6.45, 7) is 4.38. The highest BCUT2D eigenvalue weighted by atomic mass is 16.5. The number of amides is 1. The standard InChI is InChI=1S/C26H35N5O3/c1-26(2)23(30-22-24(27)28-16-29-25(22)34-26)20-11-9-19(10-12-20)18-7-4-17(5-8-18)6-13-21(33)31(3)14-15-32/h9-12,16-18,32H,4-8,13-15H2,1-3H3,(H2,27,28,29). The Bertz CT molecular complexity index is 1040. The molecule has 0 saturated heterocycles. The fourth-order valence-electron chi connectivity index (χ4n) is 4.99. The third-order valence-electron chi connectivity index (χ3n) is 7.09. The lowest BCUT2D eigenvalue weighted by atomic mass is 9.77. The van der Waals surface area contributed by atoms with Crippen LogP contribution in [0.25, 0.3) is 0 Å². The van der Waals surface area contributed by atoms with E-state index in [0.717, 1.165) is 43.4 Å². The highest BCUT2D eigenvalue weighted by Crippen LogP contribution is 2.40. The Balaban J connectivity index is 1.37. The van der Waals surface area contributed by atoms with Gasteiger partial charge in [-0.15, -0.1) is 0 Å². The summed E-state index contributed by atoms with van der Waals surface area (Å²) < 4.78 is 6.09. The highest BCUT2D eigenvalue weighted by molar-refractivity contribution is 6.09. The molecule has 1 amide bonds. The SMILES string of the molecule is CN(CCO)C(=O)CCC1CCC(c2ccc(C3=Nc4c(N)ncnc4OC3(C)C)cc2)CC1. The lowest BCUT2D eigenvalue weighted by Crippen LogP contribution is -2.41. The molecule has 2 heterocycles. The first-order chi connectivity index (χ1) is 16.3. The second-order valence-electron chi connectivity index (χ2n) is 9.90. The van der Waals surface area contributed by atoms with Gasteiger partial charge in [-0.3, -0.25) is 4.79 Å². The first kappa shape index (κ1) is 24.1. The molecule has 1 fully saturated rings. The van der Waals surface area contributed by atoms with E-state index < -0.39 is 5.60 Å². The maximum atomic E-state index is 12.1. The predicted molar refractivity (Wildman–Crippen MR) is 132 cm³/mol. The maximum Gasteiger partial charge on any atom is 0.246 e. The minimum Gasteiger partial charge on any atom is -0.463 e. The number of rotatable bonds is 7. The van der Waals surface area contributed by atoms with E-state index in [4.69, 9.17) is 20.6 Å². The number of aromatic nitrogens is 2. The number of hydrogen-bond acceptors (Lipinski definition) is 7. The Morgan fingerprint density at radius 2 is 1.88 bits per heavy atom. The van der Waals surface area contributed by atoms with Crippen LogP contribution in [0.5, 0.6) is 5.88 Å². The van der Waals surface area contributed by atoms with E-state index in [-0.39, 0.29) is 12.5 Å². The summed E-state index contributed by atoms with van der Waals surface area (Å²) in [4.78, 5) is 26.7. The van der Waals surface area contributed by atoms with Crippen LogP contribution < -0.4 is 10.5 Å². The number of aliphatic hydroxyl groups is 1. The average molecular weight is 466 g/mol. The summed E-state index contributed by atoms with van der Waals surface area (Å²) in [6.07, 6.45) is 7.47. The predicted octanol–water partition coefficient (Wildman–Crippen LogP) is 3.86. The molecule has 8 heteroatoms. The van der Waals surface area contributed by atoms with Crippen LogP contribution in [0.1, 0.15) is 69.4 Å². The first-order valence-corrected chi connectivity index (χ1v) is 12.1. The van der Waals surface area contributed by atoms with E-state index >= 15 is 0 Å². The molecule has 3 N–H and O–H groups in total. The highest BCUT2D eigenvalue weighted by Gasteiger charge is 2.35. The van der Waals surface area contributed by atoms with Crippen molar-refractivity contribution in [2.24, 2.45) is 10.9 Å². The van der Waals surface area contributed by atoms with Crippen molar-refractivity contribution in [3.8, 4) is 5.88 Å². The third-order valence-corrected chi connectivity index (χ3v) is 7.09. The molecule has 0 bridgehead atoms. The van der Waals surface area contributed by atoms with Gasteiger partial charge in [0.1, 0.15) is 11.9 Å². The molecule has 1 saturated carbocycles. The van der Waals surface area contributed by atoms with Crippen molar-refractivity contribution >= 4 is 23.1 Å². The fourth-order valence-corrected chi connectivity index (χ4v) is 4.99. The summed E-state index contributed by atoms with van der Waals surface area (Å²) in [5, 5.41) is 8.99. The van der Waals surface area contributed by atoms with Crippen molar-refractivity contribution in [3.05, 3.63) is 41.7 Å². The molecule has 8 nitrogen and oxygen atoms in total. The van der Waals surface area contributed by atoms with Gasteiger partial charge in [-0.05, 0) is 63.4 Å². The largest absolute Gasteiger partial charge is 0.463 e. The fraction of sp³-hybridized carbons (Fsp3) is 0.538. The van der Waals surface area contributed by atoms with Crippen molar-refractivity contribution in [1.82, 2.24) is 14.9 Å². The van der Waals surface area contributed by atoms with Crippen LogP contribution in [0.15, 0.2) is 35.6 Å². The Morgan fingerprint density at radius 3 is 2.56 bits per heavy atom. The van der Waals surface area contributed by atoms with Gasteiger partial charge in [0.2, 0.25) is 11.8 Å². The zero-order chi connectivity index (χ0) is 24.3. The number of benzene rings is 1. The van der Waals surface area contributed by atoms with Crippen LogP contribution in [0.4, 0.5) is 11.5 Å². The van der Waals surface area contributed by atoms with Crippen LogP contribution in [-0.2, 0) is 4.79 Å². The normalized spacial score (nSPS) is 21.2. The monoisotopic (exact) mass is 465 g/mol. The van der Waals surface area contributed by atoms with Crippen LogP contribution in [0, 0.1) is 5.92 Å². The molecule has 34 heavy (non-hydrogen) atoms. The summed E-state index contributed by atoms with van der Waals surface area (Å²) >= 11 is 0. The van der Waals surface area contributed by atoms with Gasteiger partial charge < -0.3 is 20.5 Å². The van der Waals surface area contributed by atoms with Crippen molar-refractivity contribution in [2.75, 3.05) is 25.9 Å². The lowest BCUT2D eigenvalue weighted by molar-refractivity contribution is -0.130. The smallest absolute Gasteiger partial charge is 0.246 e. The molecule has 2 aromatic rings. The molecule has 0 spiro atoms. The van der Waals surface area contributed by atoms with Crippen LogP contribution in [0.2, 0.25) is 0 Å². The molecule has 2 aliphatic rings. The topological polar surface area (TPSA) is 114 Å². The number of carbonyl (C=O) groups excluding carboxylic acids is 1. The minimum absolute atomic E-state index is 0.0137. The maximum absolute atomic E-state index is 12.1. The molecule has 4 rings (SSSR count). The number of ether oxygens (including phenoxy) is 1. The molecule has 182 valence electrons. The van der Waals surface area contributed by atoms with Gasteiger partial charge in [0, 0.05) is 25.6 Å². The second kappa shape index (κ2) is 10.1. The van der Waals surface area contributed by atoms with Gasteiger partial charge in [0.05, 0.1) is 12.3 Å². The van der Waals surface area contributed by atoms with E-state index in [2.05, 4.69) is 34.2 Å². The molecular weight excluding hydrogens is 430 g/mol. The van der Waals surface area contributed by atoms with E-state index in [1.165, 1.54) is 11.9 Å². The van der Waals surface area contributed by atoms with E-state index in [0.29, 0.717) is 42.2 Å². The van der Waals surface area contributed by atoms with Gasteiger partial charge in [-0.25, -0.2) is 9.98 Å². The summed E-state index contributed by atoms with van der Waals surface area (Å²) in [6, 6.07) is 8.64. The number of nitrogen functional groups attached to an aromatic ring is 1.